The first-order chi connectivity index (χ1) is 14.9. The van der Waals surface area contributed by atoms with Gasteiger partial charge in [0.15, 0.2) is 5.16 Å². The normalized spacial score (nSPS) is 28.6. The third kappa shape index (κ3) is 4.20. The standard InChI is InChI=1S/C22H27N5O3S/c1-26-19(12-22-9-14-5-15(10-22)7-16(6-14)11-22)24-25-21(26)31-13-20(28)23-17-3-2-4-18(8-17)27(29)30/h2-4,8,14-16H,5-7,9-13H2,1H3,(H,23,28). The highest BCUT2D eigenvalue weighted by molar-refractivity contribution is 7.99. The third-order valence-corrected chi connectivity index (χ3v) is 8.32. The lowest BCUT2D eigenvalue weighted by Gasteiger charge is -2.56. The molecule has 9 heteroatoms. The lowest BCUT2D eigenvalue weighted by atomic mass is 9.49. The highest BCUT2D eigenvalue weighted by Crippen LogP contribution is 2.60. The van der Waals surface area contributed by atoms with E-state index in [-0.39, 0.29) is 17.3 Å². The molecule has 1 aromatic carbocycles. The SMILES string of the molecule is Cn1c(CC23CC4CC(CC(C4)C2)C3)nnc1SCC(=O)Nc1cccc([N+](=O)[O-])c1. The number of rotatable bonds is 7. The van der Waals surface area contributed by atoms with Crippen molar-refractivity contribution >= 4 is 29.0 Å². The van der Waals surface area contributed by atoms with E-state index in [9.17, 15) is 14.9 Å². The number of amides is 1. The summed E-state index contributed by atoms with van der Waals surface area (Å²) in [5, 5.41) is 23.1. The second-order valence-corrected chi connectivity index (χ2v) is 10.6. The van der Waals surface area contributed by atoms with E-state index in [1.165, 1.54) is 62.4 Å². The quantitative estimate of drug-likeness (QED) is 0.392. The second kappa shape index (κ2) is 7.93. The number of benzene rings is 1. The van der Waals surface area contributed by atoms with E-state index in [0.717, 1.165) is 35.2 Å². The number of hydrogen-bond acceptors (Lipinski definition) is 6. The minimum Gasteiger partial charge on any atom is -0.325 e. The number of non-ortho nitro benzene ring substituents is 1. The largest absolute Gasteiger partial charge is 0.325 e. The number of anilines is 1. The molecule has 0 aliphatic heterocycles. The van der Waals surface area contributed by atoms with E-state index in [0.29, 0.717) is 11.1 Å². The molecule has 0 atom stereocenters. The fourth-order valence-electron chi connectivity index (χ4n) is 6.49. The molecule has 1 amide bonds. The van der Waals surface area contributed by atoms with Gasteiger partial charge in [0.05, 0.1) is 10.7 Å². The molecule has 0 saturated heterocycles. The van der Waals surface area contributed by atoms with Crippen molar-refractivity contribution in [3.8, 4) is 0 Å². The molecule has 4 aliphatic carbocycles. The summed E-state index contributed by atoms with van der Waals surface area (Å²) < 4.78 is 2.03. The van der Waals surface area contributed by atoms with Crippen molar-refractivity contribution in [2.45, 2.75) is 50.1 Å². The molecule has 4 saturated carbocycles. The predicted molar refractivity (Wildman–Crippen MR) is 118 cm³/mol. The maximum atomic E-state index is 12.3. The Kier molecular flexibility index (Phi) is 5.24. The zero-order chi connectivity index (χ0) is 21.6. The molecule has 1 aromatic heterocycles. The van der Waals surface area contributed by atoms with Crippen LogP contribution in [-0.4, -0.2) is 31.3 Å². The Hall–Kier alpha value is -2.42. The molecule has 1 N–H and O–H groups in total. The van der Waals surface area contributed by atoms with Crippen LogP contribution >= 0.6 is 11.8 Å². The van der Waals surface area contributed by atoms with Gasteiger partial charge in [-0.1, -0.05) is 17.8 Å². The highest BCUT2D eigenvalue weighted by Gasteiger charge is 2.51. The van der Waals surface area contributed by atoms with E-state index in [1.807, 2.05) is 11.6 Å². The highest BCUT2D eigenvalue weighted by atomic mass is 32.2. The van der Waals surface area contributed by atoms with E-state index < -0.39 is 4.92 Å². The van der Waals surface area contributed by atoms with Crippen LogP contribution in [0.3, 0.4) is 0 Å². The monoisotopic (exact) mass is 441 g/mol. The lowest BCUT2D eigenvalue weighted by molar-refractivity contribution is -0.384. The summed E-state index contributed by atoms with van der Waals surface area (Å²) in [7, 11) is 1.98. The van der Waals surface area contributed by atoms with E-state index >= 15 is 0 Å². The third-order valence-electron chi connectivity index (χ3n) is 7.30. The molecule has 6 rings (SSSR count). The van der Waals surface area contributed by atoms with E-state index in [2.05, 4.69) is 15.5 Å². The zero-order valence-electron chi connectivity index (χ0n) is 17.6. The summed E-state index contributed by atoms with van der Waals surface area (Å²) >= 11 is 1.34. The van der Waals surface area contributed by atoms with Gasteiger partial charge in [-0.25, -0.2) is 0 Å². The van der Waals surface area contributed by atoms with Crippen LogP contribution in [-0.2, 0) is 18.3 Å². The van der Waals surface area contributed by atoms with Gasteiger partial charge < -0.3 is 9.88 Å². The minimum atomic E-state index is -0.477. The summed E-state index contributed by atoms with van der Waals surface area (Å²) in [6.45, 7) is 0. The summed E-state index contributed by atoms with van der Waals surface area (Å²) in [6.07, 6.45) is 9.27. The number of aromatic nitrogens is 3. The first-order valence-corrected chi connectivity index (χ1v) is 11.9. The van der Waals surface area contributed by atoms with Crippen molar-refractivity contribution in [1.82, 2.24) is 14.8 Å². The minimum absolute atomic E-state index is 0.0481. The fraction of sp³-hybridized carbons (Fsp3) is 0.591. The average molecular weight is 442 g/mol. The number of nitro groups is 1. The van der Waals surface area contributed by atoms with Crippen molar-refractivity contribution in [2.75, 3.05) is 11.1 Å². The fourth-order valence-corrected chi connectivity index (χ4v) is 7.22. The van der Waals surface area contributed by atoms with Crippen LogP contribution in [0, 0.1) is 33.3 Å². The van der Waals surface area contributed by atoms with Crippen LogP contribution in [0.5, 0.6) is 0 Å². The van der Waals surface area contributed by atoms with Crippen LogP contribution in [0.15, 0.2) is 29.4 Å². The van der Waals surface area contributed by atoms with Gasteiger partial charge in [0, 0.05) is 31.3 Å². The van der Waals surface area contributed by atoms with E-state index in [4.69, 9.17) is 0 Å². The summed E-state index contributed by atoms with van der Waals surface area (Å²) in [4.78, 5) is 22.7. The van der Waals surface area contributed by atoms with Crippen LogP contribution in [0.1, 0.15) is 44.3 Å². The molecule has 8 nitrogen and oxygen atoms in total. The average Bonchev–Trinajstić information content (AvgIpc) is 3.04. The van der Waals surface area contributed by atoms with E-state index in [1.54, 1.807) is 12.1 Å². The lowest BCUT2D eigenvalue weighted by Crippen LogP contribution is -2.47. The predicted octanol–water partition coefficient (Wildman–Crippen LogP) is 4.21. The van der Waals surface area contributed by atoms with Gasteiger partial charge in [0.1, 0.15) is 5.82 Å². The Balaban J connectivity index is 1.19. The van der Waals surface area contributed by atoms with Gasteiger partial charge in [0.25, 0.3) is 5.69 Å². The smallest absolute Gasteiger partial charge is 0.271 e. The number of carbonyl (C=O) groups is 1. The van der Waals surface area contributed by atoms with Gasteiger partial charge >= 0.3 is 0 Å². The molecule has 2 aromatic rings. The number of hydrogen-bond donors (Lipinski definition) is 1. The Morgan fingerprint density at radius 2 is 1.90 bits per heavy atom. The van der Waals surface area contributed by atoms with Gasteiger partial charge in [-0.15, -0.1) is 10.2 Å². The van der Waals surface area contributed by atoms with Crippen molar-refractivity contribution in [3.05, 3.63) is 40.2 Å². The van der Waals surface area contributed by atoms with Crippen molar-refractivity contribution < 1.29 is 9.72 Å². The molecule has 1 heterocycles. The Labute approximate surface area is 185 Å². The Morgan fingerprint density at radius 3 is 2.55 bits per heavy atom. The molecule has 4 fully saturated rings. The van der Waals surface area contributed by atoms with Gasteiger partial charge in [0.2, 0.25) is 5.91 Å². The Bertz CT molecular complexity index is 985. The maximum absolute atomic E-state index is 12.3. The molecular weight excluding hydrogens is 414 g/mol. The topological polar surface area (TPSA) is 103 Å². The van der Waals surface area contributed by atoms with Gasteiger partial charge in [-0.2, -0.15) is 0 Å². The number of nitrogens with one attached hydrogen (secondary N) is 1. The maximum Gasteiger partial charge on any atom is 0.271 e. The molecule has 31 heavy (non-hydrogen) atoms. The molecule has 164 valence electrons. The van der Waals surface area contributed by atoms with Crippen LogP contribution in [0.4, 0.5) is 11.4 Å². The Morgan fingerprint density at radius 1 is 1.23 bits per heavy atom. The second-order valence-electron chi connectivity index (χ2n) is 9.70. The molecule has 0 radical (unpaired) electrons. The molecular formula is C22H27N5O3S. The van der Waals surface area contributed by atoms with Crippen LogP contribution in [0.25, 0.3) is 0 Å². The van der Waals surface area contributed by atoms with Gasteiger partial charge in [-0.3, -0.25) is 14.9 Å². The molecule has 4 aliphatic rings. The zero-order valence-corrected chi connectivity index (χ0v) is 18.4. The summed E-state index contributed by atoms with van der Waals surface area (Å²) in [5.74, 6) is 3.69. The molecule has 0 spiro atoms. The van der Waals surface area contributed by atoms with Crippen LogP contribution in [0.2, 0.25) is 0 Å². The number of nitro benzene ring substituents is 1. The van der Waals surface area contributed by atoms with Crippen molar-refractivity contribution in [2.24, 2.45) is 30.2 Å². The van der Waals surface area contributed by atoms with Crippen LogP contribution < -0.4 is 5.32 Å². The first kappa shape index (κ1) is 20.5. The number of thioether (sulfide) groups is 1. The summed E-state index contributed by atoms with van der Waals surface area (Å²) in [5.41, 5.74) is 0.769. The summed E-state index contributed by atoms with van der Waals surface area (Å²) in [6, 6.07) is 5.95. The number of nitrogens with zero attached hydrogens (tertiary/aromatic N) is 4. The molecule has 4 bridgehead atoms. The van der Waals surface area contributed by atoms with Crippen molar-refractivity contribution in [1.29, 1.82) is 0 Å². The van der Waals surface area contributed by atoms with Gasteiger partial charge in [-0.05, 0) is 67.8 Å². The van der Waals surface area contributed by atoms with Crippen molar-refractivity contribution in [3.63, 3.8) is 0 Å². The number of carbonyl (C=O) groups excluding carboxylic acids is 1. The first-order valence-electron chi connectivity index (χ1n) is 10.9. The molecule has 0 unspecified atom stereocenters.